The second-order valence-electron chi connectivity index (χ2n) is 5.11. The van der Waals surface area contributed by atoms with Gasteiger partial charge in [-0.05, 0) is 42.8 Å². The zero-order valence-corrected chi connectivity index (χ0v) is 13.7. The van der Waals surface area contributed by atoms with Gasteiger partial charge in [0.05, 0.1) is 16.4 Å². The molecule has 0 aliphatic carbocycles. The zero-order chi connectivity index (χ0) is 16.4. The van der Waals surface area contributed by atoms with Crippen LogP contribution in [0.5, 0.6) is 0 Å². The maximum atomic E-state index is 12.3. The van der Waals surface area contributed by atoms with Gasteiger partial charge in [-0.2, -0.15) is 5.10 Å². The van der Waals surface area contributed by atoms with Gasteiger partial charge in [0.15, 0.2) is 0 Å². The van der Waals surface area contributed by atoms with Gasteiger partial charge < -0.3 is 5.32 Å². The predicted octanol–water partition coefficient (Wildman–Crippen LogP) is 4.94. The zero-order valence-electron chi connectivity index (χ0n) is 12.2. The minimum absolute atomic E-state index is 0.309. The molecule has 1 amide bonds. The van der Waals surface area contributed by atoms with E-state index in [9.17, 15) is 4.79 Å². The molecule has 0 spiro atoms. The molecule has 6 heteroatoms. The molecule has 0 aliphatic heterocycles. The van der Waals surface area contributed by atoms with Crippen LogP contribution in [0.2, 0.25) is 10.0 Å². The summed E-state index contributed by atoms with van der Waals surface area (Å²) in [6.45, 7) is 1.93. The molecule has 0 bridgehead atoms. The van der Waals surface area contributed by atoms with Crippen molar-refractivity contribution in [2.75, 3.05) is 5.32 Å². The molecule has 23 heavy (non-hydrogen) atoms. The van der Waals surface area contributed by atoms with Crippen molar-refractivity contribution in [1.29, 1.82) is 0 Å². The van der Waals surface area contributed by atoms with E-state index in [0.717, 1.165) is 11.1 Å². The number of carbonyl (C=O) groups is 1. The molecule has 0 fully saturated rings. The first-order chi connectivity index (χ1) is 11.0. The normalized spacial score (nSPS) is 10.6. The Hall–Kier alpha value is -2.30. The van der Waals surface area contributed by atoms with Crippen LogP contribution < -0.4 is 5.32 Å². The Labute approximate surface area is 143 Å². The Morgan fingerprint density at radius 3 is 2.70 bits per heavy atom. The maximum absolute atomic E-state index is 12.3. The van der Waals surface area contributed by atoms with E-state index in [4.69, 9.17) is 23.2 Å². The van der Waals surface area contributed by atoms with Crippen LogP contribution >= 0.6 is 23.2 Å². The van der Waals surface area contributed by atoms with Crippen molar-refractivity contribution >= 4 is 34.8 Å². The van der Waals surface area contributed by atoms with Crippen LogP contribution in [-0.2, 0) is 0 Å². The lowest BCUT2D eigenvalue weighted by molar-refractivity contribution is 0.102. The van der Waals surface area contributed by atoms with Gasteiger partial charge >= 0.3 is 0 Å². The fourth-order valence-electron chi connectivity index (χ4n) is 2.14. The summed E-state index contributed by atoms with van der Waals surface area (Å²) in [6, 6.07) is 14.4. The third-order valence-electron chi connectivity index (χ3n) is 3.32. The van der Waals surface area contributed by atoms with Crippen molar-refractivity contribution < 1.29 is 4.79 Å². The second-order valence-corrected chi connectivity index (χ2v) is 5.96. The minimum atomic E-state index is -0.309. The molecule has 0 saturated heterocycles. The summed E-state index contributed by atoms with van der Waals surface area (Å²) in [4.78, 5) is 12.3. The van der Waals surface area contributed by atoms with E-state index < -0.39 is 0 Å². The van der Waals surface area contributed by atoms with Gasteiger partial charge in [0.25, 0.3) is 5.91 Å². The van der Waals surface area contributed by atoms with Crippen molar-refractivity contribution in [3.8, 4) is 11.3 Å². The number of H-pyrrole nitrogens is 1. The van der Waals surface area contributed by atoms with Crippen molar-refractivity contribution in [1.82, 2.24) is 10.2 Å². The second kappa shape index (κ2) is 6.44. The molecule has 1 aromatic heterocycles. The molecule has 0 aliphatic rings. The van der Waals surface area contributed by atoms with Crippen LogP contribution in [0, 0.1) is 6.92 Å². The van der Waals surface area contributed by atoms with E-state index in [1.165, 1.54) is 0 Å². The molecule has 3 aromatic rings. The van der Waals surface area contributed by atoms with E-state index in [2.05, 4.69) is 15.5 Å². The molecule has 0 atom stereocenters. The standard InChI is InChI=1S/C17H13Cl2N3O/c1-10-5-6-14(13(19)7-10)20-17(23)16-9-15(21-22-16)11-3-2-4-12(18)8-11/h2-9H,1H3,(H,20,23)(H,21,22). The first-order valence-corrected chi connectivity index (χ1v) is 7.67. The average Bonchev–Trinajstić information content (AvgIpc) is 3.00. The molecule has 2 N–H and O–H groups in total. The lowest BCUT2D eigenvalue weighted by Gasteiger charge is -2.06. The van der Waals surface area contributed by atoms with Gasteiger partial charge in [0, 0.05) is 10.6 Å². The Kier molecular flexibility index (Phi) is 4.37. The summed E-state index contributed by atoms with van der Waals surface area (Å²) < 4.78 is 0. The minimum Gasteiger partial charge on any atom is -0.319 e. The van der Waals surface area contributed by atoms with E-state index in [1.54, 1.807) is 30.3 Å². The Balaban J connectivity index is 1.81. The number of rotatable bonds is 3. The van der Waals surface area contributed by atoms with Crippen LogP contribution in [0.15, 0.2) is 48.5 Å². The lowest BCUT2D eigenvalue weighted by Crippen LogP contribution is -2.12. The van der Waals surface area contributed by atoms with Crippen LogP contribution in [0.3, 0.4) is 0 Å². The molecular weight excluding hydrogens is 333 g/mol. The maximum Gasteiger partial charge on any atom is 0.273 e. The summed E-state index contributed by atoms with van der Waals surface area (Å²) >= 11 is 12.1. The van der Waals surface area contributed by atoms with E-state index >= 15 is 0 Å². The fraction of sp³-hybridized carbons (Fsp3) is 0.0588. The molecule has 3 rings (SSSR count). The molecule has 1 heterocycles. The largest absolute Gasteiger partial charge is 0.319 e. The number of hydrogen-bond donors (Lipinski definition) is 2. The quantitative estimate of drug-likeness (QED) is 0.705. The number of nitrogens with one attached hydrogen (secondary N) is 2. The number of aryl methyl sites for hydroxylation is 1. The predicted molar refractivity (Wildman–Crippen MR) is 93.2 cm³/mol. The van der Waals surface area contributed by atoms with Gasteiger partial charge in [-0.15, -0.1) is 0 Å². The first-order valence-electron chi connectivity index (χ1n) is 6.92. The molecule has 2 aromatic carbocycles. The highest BCUT2D eigenvalue weighted by Gasteiger charge is 2.13. The lowest BCUT2D eigenvalue weighted by atomic mass is 10.1. The number of hydrogen-bond acceptors (Lipinski definition) is 2. The van der Waals surface area contributed by atoms with Crippen molar-refractivity contribution in [3.63, 3.8) is 0 Å². The Morgan fingerprint density at radius 1 is 1.13 bits per heavy atom. The monoisotopic (exact) mass is 345 g/mol. The summed E-state index contributed by atoms with van der Waals surface area (Å²) in [5.41, 5.74) is 3.41. The number of aromatic nitrogens is 2. The summed E-state index contributed by atoms with van der Waals surface area (Å²) in [5, 5.41) is 10.7. The van der Waals surface area contributed by atoms with Crippen LogP contribution in [0.4, 0.5) is 5.69 Å². The third kappa shape index (κ3) is 3.55. The number of benzene rings is 2. The topological polar surface area (TPSA) is 57.8 Å². The third-order valence-corrected chi connectivity index (χ3v) is 3.86. The summed E-state index contributed by atoms with van der Waals surface area (Å²) in [5.74, 6) is -0.309. The van der Waals surface area contributed by atoms with Crippen LogP contribution in [-0.4, -0.2) is 16.1 Å². The van der Waals surface area contributed by atoms with Crippen LogP contribution in [0.25, 0.3) is 11.3 Å². The number of aromatic amines is 1. The van der Waals surface area contributed by atoms with E-state index in [0.29, 0.717) is 27.1 Å². The van der Waals surface area contributed by atoms with Gasteiger partial charge in [-0.1, -0.05) is 41.4 Å². The number of carbonyl (C=O) groups excluding carboxylic acids is 1. The smallest absolute Gasteiger partial charge is 0.273 e. The molecule has 116 valence electrons. The highest BCUT2D eigenvalue weighted by molar-refractivity contribution is 6.34. The fourth-order valence-corrected chi connectivity index (χ4v) is 2.62. The number of amides is 1. The van der Waals surface area contributed by atoms with Crippen molar-refractivity contribution in [2.24, 2.45) is 0 Å². The van der Waals surface area contributed by atoms with Gasteiger partial charge in [0.2, 0.25) is 0 Å². The molecule has 0 unspecified atom stereocenters. The molecule has 0 radical (unpaired) electrons. The van der Waals surface area contributed by atoms with Gasteiger partial charge in [0.1, 0.15) is 5.69 Å². The molecule has 4 nitrogen and oxygen atoms in total. The number of anilines is 1. The SMILES string of the molecule is Cc1ccc(NC(=O)c2cc(-c3cccc(Cl)c3)n[nH]2)c(Cl)c1. The van der Waals surface area contributed by atoms with Crippen molar-refractivity contribution in [3.05, 3.63) is 69.8 Å². The number of halogens is 2. The van der Waals surface area contributed by atoms with Crippen molar-refractivity contribution in [2.45, 2.75) is 6.92 Å². The van der Waals surface area contributed by atoms with E-state index in [-0.39, 0.29) is 5.91 Å². The average molecular weight is 346 g/mol. The molecule has 0 saturated carbocycles. The summed E-state index contributed by atoms with van der Waals surface area (Å²) in [6.07, 6.45) is 0. The Morgan fingerprint density at radius 2 is 1.96 bits per heavy atom. The van der Waals surface area contributed by atoms with Gasteiger partial charge in [-0.25, -0.2) is 0 Å². The first kappa shape index (κ1) is 15.6. The van der Waals surface area contributed by atoms with Gasteiger partial charge in [-0.3, -0.25) is 9.89 Å². The number of nitrogens with zero attached hydrogens (tertiary/aromatic N) is 1. The highest BCUT2D eigenvalue weighted by atomic mass is 35.5. The summed E-state index contributed by atoms with van der Waals surface area (Å²) in [7, 11) is 0. The van der Waals surface area contributed by atoms with Crippen LogP contribution in [0.1, 0.15) is 16.1 Å². The molecular formula is C17H13Cl2N3O. The van der Waals surface area contributed by atoms with E-state index in [1.807, 2.05) is 25.1 Å². The Bertz CT molecular complexity index is 874. The highest BCUT2D eigenvalue weighted by Crippen LogP contribution is 2.24.